The Kier molecular flexibility index (Phi) is 3.71. The number of halogens is 1. The number of nitrogens with two attached hydrogens (primary N) is 2. The second-order valence-electron chi connectivity index (χ2n) is 3.44. The van der Waals surface area contributed by atoms with E-state index in [0.717, 1.165) is 5.56 Å². The lowest BCUT2D eigenvalue weighted by molar-refractivity contribution is 1.05. The van der Waals surface area contributed by atoms with Crippen LogP contribution in [0.3, 0.4) is 0 Å². The molecule has 0 atom stereocenters. The number of anilines is 1. The van der Waals surface area contributed by atoms with Gasteiger partial charge in [-0.2, -0.15) is 5.10 Å². The number of hydrogen-bond donors (Lipinski definition) is 2. The van der Waals surface area contributed by atoms with Crippen molar-refractivity contribution < 1.29 is 0 Å². The van der Waals surface area contributed by atoms with Crippen LogP contribution in [-0.2, 0) is 0 Å². The zero-order chi connectivity index (χ0) is 13.0. The third-order valence-electron chi connectivity index (χ3n) is 2.23. The summed E-state index contributed by atoms with van der Waals surface area (Å²) in [4.78, 5) is 8.18. The Labute approximate surface area is 109 Å². The fourth-order valence-corrected chi connectivity index (χ4v) is 1.62. The van der Waals surface area contributed by atoms with Crippen molar-refractivity contribution in [2.24, 2.45) is 16.8 Å². The van der Waals surface area contributed by atoms with Crippen LogP contribution < -0.4 is 16.7 Å². The number of hydrazine groups is 1. The third kappa shape index (κ3) is 2.73. The molecule has 0 saturated heterocycles. The van der Waals surface area contributed by atoms with Gasteiger partial charge in [0.25, 0.3) is 0 Å². The first kappa shape index (κ1) is 12.3. The van der Waals surface area contributed by atoms with Gasteiger partial charge >= 0.3 is 0 Å². The van der Waals surface area contributed by atoms with Crippen molar-refractivity contribution in [1.29, 1.82) is 0 Å². The van der Waals surface area contributed by atoms with E-state index in [2.05, 4.69) is 15.1 Å². The normalized spacial score (nSPS) is 10.8. The molecule has 92 valence electrons. The Morgan fingerprint density at radius 2 is 2.11 bits per heavy atom. The number of hydrogen-bond acceptors (Lipinski definition) is 5. The Morgan fingerprint density at radius 3 is 2.83 bits per heavy atom. The predicted molar refractivity (Wildman–Crippen MR) is 71.8 cm³/mol. The van der Waals surface area contributed by atoms with Gasteiger partial charge in [-0.3, -0.25) is 0 Å². The molecule has 0 fully saturated rings. The van der Waals surface area contributed by atoms with Gasteiger partial charge < -0.3 is 5.84 Å². The molecular weight excluding hydrogens is 252 g/mol. The molecule has 18 heavy (non-hydrogen) atoms. The summed E-state index contributed by atoms with van der Waals surface area (Å²) in [5.74, 6) is 11.2. The average Bonchev–Trinajstić information content (AvgIpc) is 2.39. The van der Waals surface area contributed by atoms with Crippen molar-refractivity contribution >= 4 is 23.8 Å². The lowest BCUT2D eigenvalue weighted by Gasteiger charge is -2.11. The minimum Gasteiger partial charge on any atom is -0.322 e. The smallest absolute Gasteiger partial charge is 0.152 e. The van der Waals surface area contributed by atoms with Crippen molar-refractivity contribution in [2.45, 2.75) is 0 Å². The van der Waals surface area contributed by atoms with Gasteiger partial charge in [-0.05, 0) is 12.1 Å². The van der Waals surface area contributed by atoms with Gasteiger partial charge in [0.15, 0.2) is 5.82 Å². The summed E-state index contributed by atoms with van der Waals surface area (Å²) in [5, 5.41) is 5.17. The third-order valence-corrected chi connectivity index (χ3v) is 2.46. The molecule has 0 aliphatic carbocycles. The van der Waals surface area contributed by atoms with Crippen LogP contribution in [0.2, 0.25) is 5.02 Å². The molecule has 1 aromatic heterocycles. The van der Waals surface area contributed by atoms with E-state index >= 15 is 0 Å². The summed E-state index contributed by atoms with van der Waals surface area (Å²) in [6.45, 7) is 0. The van der Waals surface area contributed by atoms with Crippen LogP contribution in [0, 0.1) is 0 Å². The molecule has 0 amide bonds. The number of aromatic nitrogens is 2. The van der Waals surface area contributed by atoms with Gasteiger partial charge in [-0.25, -0.2) is 20.8 Å². The minimum atomic E-state index is 0.481. The molecule has 0 aliphatic rings. The lowest BCUT2D eigenvalue weighted by atomic mass is 10.1. The van der Waals surface area contributed by atoms with Gasteiger partial charge in [0.2, 0.25) is 0 Å². The molecule has 4 N–H and O–H groups in total. The predicted octanol–water partition coefficient (Wildman–Crippen LogP) is 1.38. The summed E-state index contributed by atoms with van der Waals surface area (Å²) >= 11 is 5.93. The SMILES string of the molecule is NN=CN(N)c1cc(-c2cccc(Cl)c2)ncn1. The van der Waals surface area contributed by atoms with E-state index in [1.54, 1.807) is 12.1 Å². The van der Waals surface area contributed by atoms with Gasteiger partial charge in [-0.15, -0.1) is 0 Å². The van der Waals surface area contributed by atoms with E-state index in [9.17, 15) is 0 Å². The number of nitrogens with zero attached hydrogens (tertiary/aromatic N) is 4. The second-order valence-corrected chi connectivity index (χ2v) is 3.88. The van der Waals surface area contributed by atoms with E-state index in [0.29, 0.717) is 16.5 Å². The van der Waals surface area contributed by atoms with Crippen LogP contribution in [0.4, 0.5) is 5.82 Å². The highest BCUT2D eigenvalue weighted by Crippen LogP contribution is 2.22. The molecule has 0 radical (unpaired) electrons. The van der Waals surface area contributed by atoms with E-state index < -0.39 is 0 Å². The minimum absolute atomic E-state index is 0.481. The molecule has 6 nitrogen and oxygen atoms in total. The highest BCUT2D eigenvalue weighted by molar-refractivity contribution is 6.30. The zero-order valence-electron chi connectivity index (χ0n) is 9.36. The fourth-order valence-electron chi connectivity index (χ4n) is 1.42. The first-order valence-corrected chi connectivity index (χ1v) is 5.44. The first-order valence-electron chi connectivity index (χ1n) is 5.06. The van der Waals surface area contributed by atoms with Gasteiger partial charge in [-0.1, -0.05) is 23.7 Å². The van der Waals surface area contributed by atoms with E-state index in [-0.39, 0.29) is 0 Å². The largest absolute Gasteiger partial charge is 0.322 e. The Bertz CT molecular complexity index is 571. The number of benzene rings is 1. The number of hydrazone groups is 1. The highest BCUT2D eigenvalue weighted by atomic mass is 35.5. The second kappa shape index (κ2) is 5.44. The maximum atomic E-state index is 5.93. The van der Waals surface area contributed by atoms with Crippen molar-refractivity contribution in [3.05, 3.63) is 41.7 Å². The van der Waals surface area contributed by atoms with E-state index in [1.807, 2.05) is 18.2 Å². The van der Waals surface area contributed by atoms with Crippen molar-refractivity contribution in [2.75, 3.05) is 5.01 Å². The molecule has 0 bridgehead atoms. The Morgan fingerprint density at radius 1 is 1.28 bits per heavy atom. The average molecular weight is 263 g/mol. The highest BCUT2D eigenvalue weighted by Gasteiger charge is 2.05. The van der Waals surface area contributed by atoms with Gasteiger partial charge in [0.1, 0.15) is 12.7 Å². The topological polar surface area (TPSA) is 93.4 Å². The first-order chi connectivity index (χ1) is 8.70. The maximum absolute atomic E-state index is 5.93. The molecular formula is C11H11ClN6. The van der Waals surface area contributed by atoms with E-state index in [1.165, 1.54) is 17.7 Å². The number of rotatable bonds is 3. The molecule has 1 heterocycles. The summed E-state index contributed by atoms with van der Waals surface area (Å²) in [6, 6.07) is 9.07. The molecule has 0 spiro atoms. The fraction of sp³-hybridized carbons (Fsp3) is 0. The molecule has 0 unspecified atom stereocenters. The molecule has 1 aromatic carbocycles. The maximum Gasteiger partial charge on any atom is 0.152 e. The summed E-state index contributed by atoms with van der Waals surface area (Å²) in [5.41, 5.74) is 1.59. The van der Waals surface area contributed by atoms with Crippen molar-refractivity contribution in [3.63, 3.8) is 0 Å². The van der Waals surface area contributed by atoms with E-state index in [4.69, 9.17) is 23.3 Å². The molecule has 0 saturated carbocycles. The van der Waals surface area contributed by atoms with Crippen LogP contribution in [-0.4, -0.2) is 16.3 Å². The van der Waals surface area contributed by atoms with Crippen LogP contribution >= 0.6 is 11.6 Å². The lowest BCUT2D eigenvalue weighted by Crippen LogP contribution is -2.30. The monoisotopic (exact) mass is 262 g/mol. The molecule has 7 heteroatoms. The van der Waals surface area contributed by atoms with Crippen LogP contribution in [0.15, 0.2) is 41.8 Å². The molecule has 0 aliphatic heterocycles. The summed E-state index contributed by atoms with van der Waals surface area (Å²) < 4.78 is 0. The van der Waals surface area contributed by atoms with Crippen molar-refractivity contribution in [1.82, 2.24) is 9.97 Å². The zero-order valence-corrected chi connectivity index (χ0v) is 10.1. The van der Waals surface area contributed by atoms with Crippen LogP contribution in [0.5, 0.6) is 0 Å². The van der Waals surface area contributed by atoms with Crippen LogP contribution in [0.25, 0.3) is 11.3 Å². The van der Waals surface area contributed by atoms with Gasteiger partial charge in [0.05, 0.1) is 5.69 Å². The van der Waals surface area contributed by atoms with Crippen molar-refractivity contribution in [3.8, 4) is 11.3 Å². The van der Waals surface area contributed by atoms with Gasteiger partial charge in [0, 0.05) is 16.7 Å². The Balaban J connectivity index is 2.38. The standard InChI is InChI=1S/C11H11ClN6/c12-9-3-1-2-8(4-9)10-5-11(16-6-15-10)18(14)7-17-13/h1-7H,13-14H2. The summed E-state index contributed by atoms with van der Waals surface area (Å²) in [7, 11) is 0. The molecule has 2 rings (SSSR count). The Hall–Kier alpha value is -2.18. The quantitative estimate of drug-likeness (QED) is 0.377. The summed E-state index contributed by atoms with van der Waals surface area (Å²) in [6.07, 6.45) is 2.67. The molecule has 2 aromatic rings. The van der Waals surface area contributed by atoms with Crippen LogP contribution in [0.1, 0.15) is 0 Å².